The molecule has 9 heteroatoms. The minimum atomic E-state index is -3.72. The molecule has 26 heavy (non-hydrogen) atoms. The van der Waals surface area contributed by atoms with Gasteiger partial charge in [0, 0.05) is 31.8 Å². The van der Waals surface area contributed by atoms with Crippen molar-refractivity contribution in [2.75, 3.05) is 18.4 Å². The quantitative estimate of drug-likeness (QED) is 0.861. The van der Waals surface area contributed by atoms with Gasteiger partial charge in [0.1, 0.15) is 10.7 Å². The first-order valence-corrected chi connectivity index (χ1v) is 10.2. The van der Waals surface area contributed by atoms with Gasteiger partial charge in [-0.25, -0.2) is 8.42 Å². The predicted molar refractivity (Wildman–Crippen MR) is 100.0 cm³/mol. The van der Waals surface area contributed by atoms with E-state index >= 15 is 0 Å². The Kier molecular flexibility index (Phi) is 5.36. The topological polar surface area (TPSA) is 84.3 Å². The highest BCUT2D eigenvalue weighted by Gasteiger charge is 2.28. The number of amides is 1. The SMILES string of the molecule is Cc1cc(NC(=O)c2ccc(Cl)c(S(=O)(=O)N3CCCCC3)c2)n(C)n1. The van der Waals surface area contributed by atoms with Crippen LogP contribution in [0.2, 0.25) is 5.02 Å². The van der Waals surface area contributed by atoms with Crippen LogP contribution >= 0.6 is 11.6 Å². The number of aromatic nitrogens is 2. The van der Waals surface area contributed by atoms with Crippen LogP contribution in [-0.2, 0) is 17.1 Å². The predicted octanol–water partition coefficient (Wildman–Crippen LogP) is 2.81. The lowest BCUT2D eigenvalue weighted by atomic mass is 10.2. The van der Waals surface area contributed by atoms with Gasteiger partial charge in [0.25, 0.3) is 5.91 Å². The molecule has 0 atom stereocenters. The molecule has 0 saturated carbocycles. The van der Waals surface area contributed by atoms with Gasteiger partial charge in [0.15, 0.2) is 0 Å². The van der Waals surface area contributed by atoms with E-state index in [1.165, 1.54) is 22.5 Å². The number of aryl methyl sites for hydroxylation is 2. The summed E-state index contributed by atoms with van der Waals surface area (Å²) in [6.45, 7) is 2.77. The van der Waals surface area contributed by atoms with Crippen molar-refractivity contribution >= 4 is 33.3 Å². The maximum atomic E-state index is 12.9. The lowest BCUT2D eigenvalue weighted by Gasteiger charge is -2.26. The number of nitrogens with one attached hydrogen (secondary N) is 1. The Balaban J connectivity index is 1.89. The summed E-state index contributed by atoms with van der Waals surface area (Å²) in [4.78, 5) is 12.5. The van der Waals surface area contributed by atoms with E-state index in [1.54, 1.807) is 17.8 Å². The molecule has 0 radical (unpaired) electrons. The summed E-state index contributed by atoms with van der Waals surface area (Å²) in [5, 5.41) is 7.02. The molecule has 1 amide bonds. The van der Waals surface area contributed by atoms with Crippen molar-refractivity contribution < 1.29 is 13.2 Å². The zero-order chi connectivity index (χ0) is 18.9. The Morgan fingerprint density at radius 3 is 2.50 bits per heavy atom. The smallest absolute Gasteiger partial charge is 0.256 e. The van der Waals surface area contributed by atoms with E-state index in [2.05, 4.69) is 10.4 Å². The third-order valence-corrected chi connectivity index (χ3v) is 6.75. The molecule has 0 aliphatic carbocycles. The van der Waals surface area contributed by atoms with Gasteiger partial charge in [-0.3, -0.25) is 9.48 Å². The molecule has 0 unspecified atom stereocenters. The van der Waals surface area contributed by atoms with Crippen molar-refractivity contribution in [1.82, 2.24) is 14.1 Å². The fourth-order valence-electron chi connectivity index (χ4n) is 3.00. The molecule has 7 nitrogen and oxygen atoms in total. The van der Waals surface area contributed by atoms with Crippen LogP contribution in [0.5, 0.6) is 0 Å². The molecule has 1 aromatic carbocycles. The number of hydrogen-bond donors (Lipinski definition) is 1. The normalized spacial score (nSPS) is 15.8. The number of halogens is 1. The summed E-state index contributed by atoms with van der Waals surface area (Å²) >= 11 is 6.14. The van der Waals surface area contributed by atoms with E-state index in [4.69, 9.17) is 11.6 Å². The van der Waals surface area contributed by atoms with Gasteiger partial charge < -0.3 is 5.32 Å². The van der Waals surface area contributed by atoms with Crippen molar-refractivity contribution in [3.8, 4) is 0 Å². The van der Waals surface area contributed by atoms with Crippen molar-refractivity contribution in [1.29, 1.82) is 0 Å². The molecule has 1 aromatic heterocycles. The largest absolute Gasteiger partial charge is 0.307 e. The van der Waals surface area contributed by atoms with E-state index < -0.39 is 15.9 Å². The first-order valence-electron chi connectivity index (χ1n) is 8.41. The fourth-order valence-corrected chi connectivity index (χ4v) is 5.02. The summed E-state index contributed by atoms with van der Waals surface area (Å²) in [6, 6.07) is 6.03. The summed E-state index contributed by atoms with van der Waals surface area (Å²) in [5.74, 6) is 0.114. The molecular weight excluding hydrogens is 376 g/mol. The number of benzene rings is 1. The van der Waals surface area contributed by atoms with Gasteiger partial charge in [-0.2, -0.15) is 9.40 Å². The molecule has 1 saturated heterocycles. The minimum absolute atomic E-state index is 0.0325. The Bertz CT molecular complexity index is 933. The highest BCUT2D eigenvalue weighted by atomic mass is 35.5. The average molecular weight is 397 g/mol. The van der Waals surface area contributed by atoms with Crippen LogP contribution in [0.15, 0.2) is 29.2 Å². The molecule has 140 valence electrons. The van der Waals surface area contributed by atoms with E-state index in [0.717, 1.165) is 25.0 Å². The molecule has 0 spiro atoms. The van der Waals surface area contributed by atoms with E-state index in [9.17, 15) is 13.2 Å². The highest BCUT2D eigenvalue weighted by Crippen LogP contribution is 2.28. The molecule has 3 rings (SSSR count). The van der Waals surface area contributed by atoms with Gasteiger partial charge in [-0.15, -0.1) is 0 Å². The van der Waals surface area contributed by atoms with Crippen LogP contribution in [0.4, 0.5) is 5.82 Å². The van der Waals surface area contributed by atoms with Crippen LogP contribution in [-0.4, -0.2) is 41.5 Å². The number of anilines is 1. The van der Waals surface area contributed by atoms with Crippen LogP contribution < -0.4 is 5.32 Å². The number of rotatable bonds is 4. The Morgan fingerprint density at radius 2 is 1.88 bits per heavy atom. The Hall–Kier alpha value is -1.90. The van der Waals surface area contributed by atoms with Crippen LogP contribution in [0.3, 0.4) is 0 Å². The lowest BCUT2D eigenvalue weighted by Crippen LogP contribution is -2.35. The van der Waals surface area contributed by atoms with Crippen LogP contribution in [0.1, 0.15) is 35.3 Å². The van der Waals surface area contributed by atoms with Crippen molar-refractivity contribution in [2.24, 2.45) is 7.05 Å². The number of nitrogens with zero attached hydrogens (tertiary/aromatic N) is 3. The summed E-state index contributed by atoms with van der Waals surface area (Å²) in [7, 11) is -2.00. The lowest BCUT2D eigenvalue weighted by molar-refractivity contribution is 0.102. The zero-order valence-corrected chi connectivity index (χ0v) is 16.3. The van der Waals surface area contributed by atoms with Crippen molar-refractivity contribution in [3.05, 3.63) is 40.5 Å². The third-order valence-electron chi connectivity index (χ3n) is 4.37. The monoisotopic (exact) mass is 396 g/mol. The summed E-state index contributed by atoms with van der Waals surface area (Å²) in [6.07, 6.45) is 2.68. The first-order chi connectivity index (χ1) is 12.3. The van der Waals surface area contributed by atoms with Crippen LogP contribution in [0, 0.1) is 6.92 Å². The summed E-state index contributed by atoms with van der Waals surface area (Å²) < 4.78 is 28.8. The molecule has 1 fully saturated rings. The maximum absolute atomic E-state index is 12.9. The van der Waals surface area contributed by atoms with Gasteiger partial charge in [0.2, 0.25) is 10.0 Å². The van der Waals surface area contributed by atoms with Gasteiger partial charge >= 0.3 is 0 Å². The molecule has 2 aromatic rings. The number of carbonyl (C=O) groups excluding carboxylic acids is 1. The maximum Gasteiger partial charge on any atom is 0.256 e. The standard InChI is InChI=1S/C17H21ClN4O3S/c1-12-10-16(21(2)20-12)19-17(23)13-6-7-14(18)15(11-13)26(24,25)22-8-4-3-5-9-22/h6-7,10-11H,3-5,8-9H2,1-2H3,(H,19,23). The summed E-state index contributed by atoms with van der Waals surface area (Å²) in [5.41, 5.74) is 0.996. The number of carbonyl (C=O) groups is 1. The molecule has 1 N–H and O–H groups in total. The van der Waals surface area contributed by atoms with Crippen molar-refractivity contribution in [2.45, 2.75) is 31.1 Å². The fraction of sp³-hybridized carbons (Fsp3) is 0.412. The molecule has 0 bridgehead atoms. The molecule has 1 aliphatic rings. The second kappa shape index (κ2) is 7.38. The number of hydrogen-bond acceptors (Lipinski definition) is 4. The van der Waals surface area contributed by atoms with E-state index in [1.807, 2.05) is 6.92 Å². The second-order valence-electron chi connectivity index (χ2n) is 6.36. The van der Waals surface area contributed by atoms with E-state index in [-0.39, 0.29) is 15.5 Å². The number of piperidine rings is 1. The molecule has 2 heterocycles. The first kappa shape index (κ1) is 18.9. The Labute approximate surface area is 158 Å². The Morgan fingerprint density at radius 1 is 1.19 bits per heavy atom. The van der Waals surface area contributed by atoms with Gasteiger partial charge in [-0.1, -0.05) is 18.0 Å². The van der Waals surface area contributed by atoms with Crippen LogP contribution in [0.25, 0.3) is 0 Å². The third kappa shape index (κ3) is 3.77. The zero-order valence-electron chi connectivity index (χ0n) is 14.7. The molecule has 1 aliphatic heterocycles. The van der Waals surface area contributed by atoms with Gasteiger partial charge in [0.05, 0.1) is 10.7 Å². The highest BCUT2D eigenvalue weighted by molar-refractivity contribution is 7.89. The average Bonchev–Trinajstić information content (AvgIpc) is 2.93. The second-order valence-corrected chi connectivity index (χ2v) is 8.67. The van der Waals surface area contributed by atoms with E-state index in [0.29, 0.717) is 18.9 Å². The number of sulfonamides is 1. The van der Waals surface area contributed by atoms with Gasteiger partial charge in [-0.05, 0) is 38.0 Å². The van der Waals surface area contributed by atoms with Crippen molar-refractivity contribution in [3.63, 3.8) is 0 Å². The molecular formula is C17H21ClN4O3S. The minimum Gasteiger partial charge on any atom is -0.307 e.